The zero-order valence-corrected chi connectivity index (χ0v) is 8.77. The summed E-state index contributed by atoms with van der Waals surface area (Å²) < 4.78 is 0. The highest BCUT2D eigenvalue weighted by Gasteiger charge is 2.13. The van der Waals surface area contributed by atoms with Crippen molar-refractivity contribution in [1.82, 2.24) is 5.32 Å². The lowest BCUT2D eigenvalue weighted by Crippen LogP contribution is -2.26. The normalized spacial score (nSPS) is 9.88. The highest BCUT2D eigenvalue weighted by Crippen LogP contribution is 2.18. The van der Waals surface area contributed by atoms with Gasteiger partial charge in [-0.1, -0.05) is 0 Å². The van der Waals surface area contributed by atoms with Gasteiger partial charge in [-0.05, 0) is 19.1 Å². The van der Waals surface area contributed by atoms with Crippen LogP contribution in [0.15, 0.2) is 18.2 Å². The Morgan fingerprint density at radius 1 is 1.56 bits per heavy atom. The number of hydrogen-bond donors (Lipinski definition) is 2. The first-order valence-corrected chi connectivity index (χ1v) is 4.70. The highest BCUT2D eigenvalue weighted by molar-refractivity contribution is 5.94. The number of nitro groups is 1. The van der Waals surface area contributed by atoms with E-state index in [1.165, 1.54) is 18.2 Å². The summed E-state index contributed by atoms with van der Waals surface area (Å²) in [5, 5.41) is 21.5. The van der Waals surface area contributed by atoms with Crippen molar-refractivity contribution < 1.29 is 14.8 Å². The van der Waals surface area contributed by atoms with E-state index >= 15 is 0 Å². The molecule has 0 fully saturated rings. The van der Waals surface area contributed by atoms with Crippen molar-refractivity contribution in [1.29, 1.82) is 0 Å². The lowest BCUT2D eigenvalue weighted by atomic mass is 10.1. The maximum atomic E-state index is 11.4. The van der Waals surface area contributed by atoms with Crippen LogP contribution in [0.5, 0.6) is 0 Å². The third-order valence-corrected chi connectivity index (χ3v) is 2.05. The number of carbonyl (C=O) groups excluding carboxylic acids is 1. The molecule has 16 heavy (non-hydrogen) atoms. The van der Waals surface area contributed by atoms with E-state index in [0.29, 0.717) is 11.1 Å². The second-order valence-corrected chi connectivity index (χ2v) is 3.24. The third kappa shape index (κ3) is 2.77. The first-order valence-electron chi connectivity index (χ1n) is 4.70. The Labute approximate surface area is 92.0 Å². The van der Waals surface area contributed by atoms with E-state index in [1.54, 1.807) is 6.92 Å². The Morgan fingerprint density at radius 3 is 2.75 bits per heavy atom. The minimum absolute atomic E-state index is 0.0151. The number of aliphatic hydroxyl groups is 1. The topological polar surface area (TPSA) is 92.5 Å². The monoisotopic (exact) mass is 224 g/mol. The second-order valence-electron chi connectivity index (χ2n) is 3.24. The van der Waals surface area contributed by atoms with Crippen LogP contribution in [-0.4, -0.2) is 29.1 Å². The largest absolute Gasteiger partial charge is 0.395 e. The van der Waals surface area contributed by atoms with Crippen LogP contribution in [0.25, 0.3) is 0 Å². The molecule has 86 valence electrons. The van der Waals surface area contributed by atoms with E-state index in [-0.39, 0.29) is 24.7 Å². The van der Waals surface area contributed by atoms with Crippen LogP contribution in [0.2, 0.25) is 0 Å². The number of rotatable bonds is 4. The maximum absolute atomic E-state index is 11.4. The molecule has 0 aromatic heterocycles. The summed E-state index contributed by atoms with van der Waals surface area (Å²) in [6, 6.07) is 4.13. The molecule has 0 aliphatic rings. The Bertz CT molecular complexity index is 417. The van der Waals surface area contributed by atoms with Crippen LogP contribution in [0, 0.1) is 17.0 Å². The van der Waals surface area contributed by atoms with Crippen molar-refractivity contribution in [3.63, 3.8) is 0 Å². The van der Waals surface area contributed by atoms with Crippen molar-refractivity contribution in [2.45, 2.75) is 6.92 Å². The zero-order chi connectivity index (χ0) is 12.1. The minimum Gasteiger partial charge on any atom is -0.395 e. The lowest BCUT2D eigenvalue weighted by Gasteiger charge is -2.04. The molecule has 0 aliphatic carbocycles. The molecule has 6 nitrogen and oxygen atoms in total. The summed E-state index contributed by atoms with van der Waals surface area (Å²) in [4.78, 5) is 21.5. The van der Waals surface area contributed by atoms with Gasteiger partial charge in [0, 0.05) is 23.7 Å². The van der Waals surface area contributed by atoms with Gasteiger partial charge in [0.1, 0.15) is 0 Å². The third-order valence-electron chi connectivity index (χ3n) is 2.05. The van der Waals surface area contributed by atoms with Gasteiger partial charge < -0.3 is 10.4 Å². The lowest BCUT2D eigenvalue weighted by molar-refractivity contribution is -0.385. The Balaban J connectivity index is 2.88. The summed E-state index contributed by atoms with van der Waals surface area (Å²) in [5.41, 5.74) is 0.761. The predicted octanol–water partition coefficient (Wildman–Crippen LogP) is 0.625. The van der Waals surface area contributed by atoms with Gasteiger partial charge in [0.05, 0.1) is 11.5 Å². The molecule has 0 unspecified atom stereocenters. The first kappa shape index (κ1) is 12.1. The summed E-state index contributed by atoms with van der Waals surface area (Å²) in [6.07, 6.45) is 0. The fourth-order valence-corrected chi connectivity index (χ4v) is 1.27. The number of hydrogen-bond acceptors (Lipinski definition) is 4. The molecule has 0 saturated carbocycles. The molecule has 2 N–H and O–H groups in total. The molecule has 0 heterocycles. The Morgan fingerprint density at radius 2 is 2.25 bits per heavy atom. The zero-order valence-electron chi connectivity index (χ0n) is 8.77. The predicted molar refractivity (Wildman–Crippen MR) is 57.3 cm³/mol. The van der Waals surface area contributed by atoms with Crippen molar-refractivity contribution in [3.05, 3.63) is 39.4 Å². The van der Waals surface area contributed by atoms with Crippen LogP contribution < -0.4 is 5.32 Å². The van der Waals surface area contributed by atoms with Crippen molar-refractivity contribution in [3.8, 4) is 0 Å². The van der Waals surface area contributed by atoms with Gasteiger partial charge in [0.25, 0.3) is 11.6 Å². The van der Waals surface area contributed by atoms with Gasteiger partial charge in [-0.3, -0.25) is 14.9 Å². The number of nitro benzene ring substituents is 1. The number of benzene rings is 1. The van der Waals surface area contributed by atoms with Gasteiger partial charge >= 0.3 is 0 Å². The van der Waals surface area contributed by atoms with Crippen LogP contribution in [-0.2, 0) is 0 Å². The summed E-state index contributed by atoms with van der Waals surface area (Å²) in [7, 11) is 0. The van der Waals surface area contributed by atoms with Crippen molar-refractivity contribution >= 4 is 11.6 Å². The first-order chi connectivity index (χ1) is 7.56. The van der Waals surface area contributed by atoms with Crippen molar-refractivity contribution in [2.24, 2.45) is 0 Å². The summed E-state index contributed by atoms with van der Waals surface area (Å²) >= 11 is 0. The molecule has 0 atom stereocenters. The maximum Gasteiger partial charge on any atom is 0.272 e. The van der Waals surface area contributed by atoms with E-state index in [4.69, 9.17) is 5.11 Å². The highest BCUT2D eigenvalue weighted by atomic mass is 16.6. The van der Waals surface area contributed by atoms with Gasteiger partial charge in [0.15, 0.2) is 0 Å². The molecule has 0 radical (unpaired) electrons. The van der Waals surface area contributed by atoms with E-state index in [9.17, 15) is 14.9 Å². The number of aryl methyl sites for hydroxylation is 1. The number of carbonyl (C=O) groups is 1. The average molecular weight is 224 g/mol. The van der Waals surface area contributed by atoms with Gasteiger partial charge in [-0.2, -0.15) is 0 Å². The molecule has 1 aromatic rings. The van der Waals surface area contributed by atoms with Gasteiger partial charge in [-0.15, -0.1) is 0 Å². The molecular weight excluding hydrogens is 212 g/mol. The van der Waals surface area contributed by atoms with E-state index in [1.807, 2.05) is 0 Å². The number of amides is 1. The molecule has 1 aromatic carbocycles. The summed E-state index contributed by atoms with van der Waals surface area (Å²) in [5.74, 6) is -0.355. The number of nitrogens with one attached hydrogen (secondary N) is 1. The standard InChI is InChI=1S/C10H12N2O4/c1-7-6-8(10(14)11-4-5-13)2-3-9(7)12(15)16/h2-3,6,13H,4-5H2,1H3,(H,11,14). The molecule has 6 heteroatoms. The minimum atomic E-state index is -0.495. The second kappa shape index (κ2) is 5.22. The molecule has 0 saturated heterocycles. The van der Waals surface area contributed by atoms with Crippen LogP contribution >= 0.6 is 0 Å². The molecule has 1 amide bonds. The van der Waals surface area contributed by atoms with Gasteiger partial charge in [-0.25, -0.2) is 0 Å². The molecule has 0 bridgehead atoms. The van der Waals surface area contributed by atoms with Crippen LogP contribution in [0.1, 0.15) is 15.9 Å². The molecule has 0 spiro atoms. The fourth-order valence-electron chi connectivity index (χ4n) is 1.27. The van der Waals surface area contributed by atoms with Gasteiger partial charge in [0.2, 0.25) is 0 Å². The van der Waals surface area contributed by atoms with Crippen LogP contribution in [0.4, 0.5) is 5.69 Å². The molecular formula is C10H12N2O4. The Hall–Kier alpha value is -1.95. The number of nitrogens with zero attached hydrogens (tertiary/aromatic N) is 1. The Kier molecular flexibility index (Phi) is 3.96. The van der Waals surface area contributed by atoms with Crippen molar-refractivity contribution in [2.75, 3.05) is 13.2 Å². The molecule has 1 rings (SSSR count). The average Bonchev–Trinajstić information content (AvgIpc) is 2.25. The number of aliphatic hydroxyl groups excluding tert-OH is 1. The van der Waals surface area contributed by atoms with E-state index < -0.39 is 4.92 Å². The molecule has 0 aliphatic heterocycles. The van der Waals surface area contributed by atoms with E-state index in [0.717, 1.165) is 0 Å². The quantitative estimate of drug-likeness (QED) is 0.579. The SMILES string of the molecule is Cc1cc(C(=O)NCCO)ccc1[N+](=O)[O-]. The van der Waals surface area contributed by atoms with E-state index in [2.05, 4.69) is 5.32 Å². The smallest absolute Gasteiger partial charge is 0.272 e. The van der Waals surface area contributed by atoms with Crippen LogP contribution in [0.3, 0.4) is 0 Å². The fraction of sp³-hybridized carbons (Fsp3) is 0.300. The summed E-state index contributed by atoms with van der Waals surface area (Å²) in [6.45, 7) is 1.59.